The van der Waals surface area contributed by atoms with Crippen LogP contribution in [0.5, 0.6) is 5.75 Å². The first-order chi connectivity index (χ1) is 16.8. The van der Waals surface area contributed by atoms with E-state index in [1.165, 1.54) is 33.4 Å². The minimum absolute atomic E-state index is 0.114. The average molecular weight is 441 g/mol. The molecule has 0 spiro atoms. The van der Waals surface area contributed by atoms with E-state index >= 15 is 0 Å². The van der Waals surface area contributed by atoms with E-state index in [0.717, 1.165) is 5.75 Å². The van der Waals surface area contributed by atoms with E-state index < -0.39 is 0 Å². The molecule has 1 nitrogen and oxygen atoms in total. The van der Waals surface area contributed by atoms with Gasteiger partial charge in [-0.1, -0.05) is 127 Å². The van der Waals surface area contributed by atoms with Crippen molar-refractivity contribution in [1.29, 1.82) is 0 Å². The van der Waals surface area contributed by atoms with Crippen LogP contribution in [0.1, 0.15) is 45.2 Å². The minimum Gasteiger partial charge on any atom is -0.497 e. The van der Waals surface area contributed by atoms with Crippen molar-refractivity contribution in [2.75, 3.05) is 7.11 Å². The molecule has 0 saturated heterocycles. The zero-order valence-electron chi connectivity index (χ0n) is 19.3. The molecule has 0 aliphatic carbocycles. The summed E-state index contributed by atoms with van der Waals surface area (Å²) >= 11 is 0. The van der Waals surface area contributed by atoms with E-state index in [9.17, 15) is 0 Å². The molecule has 34 heavy (non-hydrogen) atoms. The first-order valence-corrected chi connectivity index (χ1v) is 11.7. The zero-order chi connectivity index (χ0) is 23.2. The fourth-order valence-electron chi connectivity index (χ4n) is 4.83. The third kappa shape index (κ3) is 4.65. The summed E-state index contributed by atoms with van der Waals surface area (Å²) in [6.07, 6.45) is 0. The Morgan fingerprint density at radius 1 is 0.382 bits per heavy atom. The molecule has 5 rings (SSSR count). The Labute approximate surface area is 202 Å². The highest BCUT2D eigenvalue weighted by Gasteiger charge is 2.22. The number of hydrogen-bond donors (Lipinski definition) is 0. The Morgan fingerprint density at radius 2 is 0.676 bits per heavy atom. The van der Waals surface area contributed by atoms with Crippen molar-refractivity contribution < 1.29 is 4.74 Å². The molecule has 0 N–H and O–H groups in total. The summed E-state index contributed by atoms with van der Waals surface area (Å²) in [4.78, 5) is 0. The maximum atomic E-state index is 5.84. The summed E-state index contributed by atoms with van der Waals surface area (Å²) in [6, 6.07) is 49.6. The number of methoxy groups -OCH3 is 1. The molecular formula is C33H28O. The van der Waals surface area contributed by atoms with Crippen molar-refractivity contribution in [3.63, 3.8) is 0 Å². The second-order valence-corrected chi connectivity index (χ2v) is 8.55. The Bertz CT molecular complexity index is 1130. The number of ether oxygens (including phenoxy) is 1. The monoisotopic (exact) mass is 440 g/mol. The molecule has 0 radical (unpaired) electrons. The predicted molar refractivity (Wildman–Crippen MR) is 141 cm³/mol. The Hall–Kier alpha value is -4.10. The van der Waals surface area contributed by atoms with Crippen LogP contribution < -0.4 is 4.74 Å². The summed E-state index contributed by atoms with van der Waals surface area (Å²) in [7, 11) is 1.75. The van der Waals surface area contributed by atoms with Crippen molar-refractivity contribution in [3.8, 4) is 5.75 Å². The molecule has 0 aliphatic rings. The van der Waals surface area contributed by atoms with Crippen molar-refractivity contribution in [2.24, 2.45) is 0 Å². The van der Waals surface area contributed by atoms with Gasteiger partial charge in [0.2, 0.25) is 0 Å². The van der Waals surface area contributed by atoms with Gasteiger partial charge in [-0.2, -0.15) is 0 Å². The molecule has 0 fully saturated rings. The van der Waals surface area contributed by atoms with Gasteiger partial charge in [-0.05, 0) is 45.5 Å². The first kappa shape index (κ1) is 21.7. The van der Waals surface area contributed by atoms with Crippen LogP contribution in [-0.2, 0) is 0 Å². The summed E-state index contributed by atoms with van der Waals surface area (Å²) < 4.78 is 5.84. The van der Waals surface area contributed by atoms with E-state index in [1.54, 1.807) is 7.11 Å². The quantitative estimate of drug-likeness (QED) is 0.233. The van der Waals surface area contributed by atoms with Crippen molar-refractivity contribution in [2.45, 2.75) is 11.8 Å². The third-order valence-electron chi connectivity index (χ3n) is 6.39. The van der Waals surface area contributed by atoms with Crippen molar-refractivity contribution >= 4 is 0 Å². The predicted octanol–water partition coefficient (Wildman–Crippen LogP) is 8.06. The second kappa shape index (κ2) is 10.2. The van der Waals surface area contributed by atoms with Crippen LogP contribution >= 0.6 is 0 Å². The molecule has 0 aliphatic heterocycles. The lowest BCUT2D eigenvalue weighted by Crippen LogP contribution is -2.08. The van der Waals surface area contributed by atoms with Crippen LogP contribution in [0.2, 0.25) is 0 Å². The standard InChI is InChI=1S/C33H28O/c1-34-31-23-29(32(25-14-6-2-7-15-25)26-16-8-3-9-17-26)22-30(24-31)33(27-18-10-4-11-19-27)28-20-12-5-13-21-28/h2-24,32-33H,1H3. The fourth-order valence-corrected chi connectivity index (χ4v) is 4.83. The molecule has 166 valence electrons. The summed E-state index contributed by atoms with van der Waals surface area (Å²) in [6.45, 7) is 0. The van der Waals surface area contributed by atoms with Gasteiger partial charge in [0, 0.05) is 11.8 Å². The van der Waals surface area contributed by atoms with Crippen LogP contribution in [-0.4, -0.2) is 7.11 Å². The number of benzene rings is 5. The highest BCUT2D eigenvalue weighted by molar-refractivity contribution is 5.51. The van der Waals surface area contributed by atoms with Gasteiger partial charge in [-0.25, -0.2) is 0 Å². The SMILES string of the molecule is COc1cc(C(c2ccccc2)c2ccccc2)cc(C(c2ccccc2)c2ccccc2)c1. The molecule has 0 atom stereocenters. The van der Waals surface area contributed by atoms with Crippen LogP contribution in [0.25, 0.3) is 0 Å². The smallest absolute Gasteiger partial charge is 0.119 e. The lowest BCUT2D eigenvalue weighted by Gasteiger charge is -2.24. The van der Waals surface area contributed by atoms with E-state index in [2.05, 4.69) is 140 Å². The van der Waals surface area contributed by atoms with E-state index in [4.69, 9.17) is 4.74 Å². The molecule has 1 heteroatoms. The maximum absolute atomic E-state index is 5.84. The molecule has 0 aromatic heterocycles. The minimum atomic E-state index is 0.114. The van der Waals surface area contributed by atoms with Gasteiger partial charge in [-0.3, -0.25) is 0 Å². The lowest BCUT2D eigenvalue weighted by atomic mass is 9.80. The zero-order valence-corrected chi connectivity index (χ0v) is 19.3. The lowest BCUT2D eigenvalue weighted by molar-refractivity contribution is 0.413. The normalized spacial score (nSPS) is 11.0. The van der Waals surface area contributed by atoms with Gasteiger partial charge in [0.1, 0.15) is 5.75 Å². The molecule has 0 saturated carbocycles. The highest BCUT2D eigenvalue weighted by Crippen LogP contribution is 2.39. The van der Waals surface area contributed by atoms with Gasteiger partial charge in [0.25, 0.3) is 0 Å². The van der Waals surface area contributed by atoms with Crippen LogP contribution in [0.4, 0.5) is 0 Å². The van der Waals surface area contributed by atoms with Crippen LogP contribution in [0, 0.1) is 0 Å². The molecule has 0 heterocycles. The number of rotatable bonds is 7. The van der Waals surface area contributed by atoms with Crippen molar-refractivity contribution in [1.82, 2.24) is 0 Å². The molecule has 5 aromatic rings. The number of hydrogen-bond acceptors (Lipinski definition) is 1. The van der Waals surface area contributed by atoms with E-state index in [0.29, 0.717) is 0 Å². The molecular weight excluding hydrogens is 412 g/mol. The first-order valence-electron chi connectivity index (χ1n) is 11.7. The van der Waals surface area contributed by atoms with Gasteiger partial charge in [0.05, 0.1) is 7.11 Å². The Morgan fingerprint density at radius 3 is 0.941 bits per heavy atom. The molecule has 0 amide bonds. The van der Waals surface area contributed by atoms with Gasteiger partial charge in [0.15, 0.2) is 0 Å². The van der Waals surface area contributed by atoms with Gasteiger partial charge >= 0.3 is 0 Å². The highest BCUT2D eigenvalue weighted by atomic mass is 16.5. The van der Waals surface area contributed by atoms with Crippen LogP contribution in [0.15, 0.2) is 140 Å². The van der Waals surface area contributed by atoms with E-state index in [-0.39, 0.29) is 11.8 Å². The second-order valence-electron chi connectivity index (χ2n) is 8.55. The van der Waals surface area contributed by atoms with E-state index in [1.807, 2.05) is 0 Å². The molecule has 0 bridgehead atoms. The van der Waals surface area contributed by atoms with Crippen molar-refractivity contribution in [3.05, 3.63) is 173 Å². The topological polar surface area (TPSA) is 9.23 Å². The third-order valence-corrected chi connectivity index (χ3v) is 6.39. The average Bonchev–Trinajstić information content (AvgIpc) is 2.91. The fraction of sp³-hybridized carbons (Fsp3) is 0.0909. The largest absolute Gasteiger partial charge is 0.497 e. The molecule has 0 unspecified atom stereocenters. The van der Waals surface area contributed by atoms with Gasteiger partial charge < -0.3 is 4.74 Å². The van der Waals surface area contributed by atoms with Gasteiger partial charge in [-0.15, -0.1) is 0 Å². The summed E-state index contributed by atoms with van der Waals surface area (Å²) in [5.41, 5.74) is 7.52. The summed E-state index contributed by atoms with van der Waals surface area (Å²) in [5, 5.41) is 0. The molecule has 5 aromatic carbocycles. The summed E-state index contributed by atoms with van der Waals surface area (Å²) in [5.74, 6) is 1.10. The Kier molecular flexibility index (Phi) is 6.54. The maximum Gasteiger partial charge on any atom is 0.119 e. The Balaban J connectivity index is 1.71. The van der Waals surface area contributed by atoms with Crippen LogP contribution in [0.3, 0.4) is 0 Å².